The van der Waals surface area contributed by atoms with Gasteiger partial charge in [0.05, 0.1) is 12.7 Å². The van der Waals surface area contributed by atoms with E-state index in [4.69, 9.17) is 18.7 Å². The van der Waals surface area contributed by atoms with E-state index in [9.17, 15) is 4.79 Å². The molecule has 0 aromatic heterocycles. The van der Waals surface area contributed by atoms with Crippen LogP contribution < -0.4 is 0 Å². The van der Waals surface area contributed by atoms with Gasteiger partial charge in [-0.2, -0.15) is 0 Å². The Balaban J connectivity index is 4.09. The lowest BCUT2D eigenvalue weighted by atomic mass is 10.3. The SMILES string of the molecule is C=C(C)C(=O)OC(CC[SiH2]O[SiH3])OCC(C)O. The van der Waals surface area contributed by atoms with E-state index in [2.05, 4.69) is 6.58 Å². The third-order valence-electron chi connectivity index (χ3n) is 1.90. The molecule has 0 fully saturated rings. The first kappa shape index (κ1) is 16.5. The van der Waals surface area contributed by atoms with Crippen LogP contribution in [0, 0.1) is 0 Å². The molecule has 2 atom stereocenters. The van der Waals surface area contributed by atoms with Crippen LogP contribution in [0.25, 0.3) is 0 Å². The lowest BCUT2D eigenvalue weighted by Gasteiger charge is -2.19. The zero-order chi connectivity index (χ0) is 13.3. The molecule has 0 spiro atoms. The summed E-state index contributed by atoms with van der Waals surface area (Å²) in [6.45, 7) is 6.87. The normalized spacial score (nSPS) is 15.0. The highest BCUT2D eigenvalue weighted by Gasteiger charge is 2.16. The number of carbonyl (C=O) groups is 1. The standard InChI is InChI=1S/C10H22O5Si2/c1-7(2)10(12)14-9(4-5-17-15-16)13-6-8(3)11/h8-9,11H,1,4-6,17H2,2-3,16H3. The molecule has 0 saturated heterocycles. The van der Waals surface area contributed by atoms with Gasteiger partial charge in [-0.3, -0.25) is 0 Å². The molecular formula is C10H22O5Si2. The van der Waals surface area contributed by atoms with Gasteiger partial charge in [-0.1, -0.05) is 6.58 Å². The van der Waals surface area contributed by atoms with Crippen molar-refractivity contribution < 1.29 is 23.5 Å². The van der Waals surface area contributed by atoms with Crippen LogP contribution in [-0.4, -0.2) is 50.3 Å². The Morgan fingerprint density at radius 3 is 2.71 bits per heavy atom. The van der Waals surface area contributed by atoms with Crippen LogP contribution in [0.2, 0.25) is 6.04 Å². The van der Waals surface area contributed by atoms with E-state index in [1.54, 1.807) is 13.8 Å². The van der Waals surface area contributed by atoms with Crippen molar-refractivity contribution in [2.45, 2.75) is 38.7 Å². The Bertz CT molecular complexity index is 245. The number of ether oxygens (including phenoxy) is 2. The predicted octanol–water partition coefficient (Wildman–Crippen LogP) is -0.982. The summed E-state index contributed by atoms with van der Waals surface area (Å²) in [5.74, 6) is -0.464. The second kappa shape index (κ2) is 9.54. The highest BCUT2D eigenvalue weighted by molar-refractivity contribution is 6.34. The van der Waals surface area contributed by atoms with Crippen molar-refractivity contribution in [3.63, 3.8) is 0 Å². The third kappa shape index (κ3) is 9.25. The van der Waals surface area contributed by atoms with Crippen molar-refractivity contribution in [2.24, 2.45) is 0 Å². The van der Waals surface area contributed by atoms with Crippen molar-refractivity contribution in [3.05, 3.63) is 12.2 Å². The maximum atomic E-state index is 11.4. The Kier molecular flexibility index (Phi) is 9.28. The summed E-state index contributed by atoms with van der Waals surface area (Å²) in [7, 11) is 0.248. The fraction of sp³-hybridized carbons (Fsp3) is 0.700. The first-order chi connectivity index (χ1) is 7.97. The molecule has 2 unspecified atom stereocenters. The highest BCUT2D eigenvalue weighted by Crippen LogP contribution is 2.08. The van der Waals surface area contributed by atoms with Crippen molar-refractivity contribution in [1.29, 1.82) is 0 Å². The first-order valence-electron chi connectivity index (χ1n) is 5.62. The average Bonchev–Trinajstić information content (AvgIpc) is 2.25. The monoisotopic (exact) mass is 278 g/mol. The van der Waals surface area contributed by atoms with Crippen molar-refractivity contribution in [3.8, 4) is 0 Å². The topological polar surface area (TPSA) is 65.0 Å². The summed E-state index contributed by atoms with van der Waals surface area (Å²) in [5.41, 5.74) is 0.340. The molecule has 100 valence electrons. The molecule has 17 heavy (non-hydrogen) atoms. The van der Waals surface area contributed by atoms with Gasteiger partial charge in [0, 0.05) is 12.0 Å². The number of aliphatic hydroxyl groups is 1. The van der Waals surface area contributed by atoms with Gasteiger partial charge in [0.15, 0.2) is 0 Å². The molecule has 0 aliphatic heterocycles. The molecule has 0 radical (unpaired) electrons. The Morgan fingerprint density at radius 1 is 1.59 bits per heavy atom. The summed E-state index contributed by atoms with van der Waals surface area (Å²) in [6, 6.07) is 0.886. The molecule has 7 heteroatoms. The minimum absolute atomic E-state index is 0.150. The largest absolute Gasteiger partial charge is 0.468 e. The molecule has 0 aliphatic rings. The number of hydrogen-bond acceptors (Lipinski definition) is 5. The van der Waals surface area contributed by atoms with Crippen molar-refractivity contribution >= 4 is 26.2 Å². The number of aliphatic hydroxyl groups excluding tert-OH is 1. The quantitative estimate of drug-likeness (QED) is 0.193. The van der Waals surface area contributed by atoms with Gasteiger partial charge in [0.1, 0.15) is 20.2 Å². The fourth-order valence-corrected chi connectivity index (χ4v) is 2.69. The van der Waals surface area contributed by atoms with Crippen LogP contribution in [0.15, 0.2) is 12.2 Å². The van der Waals surface area contributed by atoms with Crippen LogP contribution in [0.4, 0.5) is 0 Å². The van der Waals surface area contributed by atoms with Crippen LogP contribution in [0.5, 0.6) is 0 Å². The molecular weight excluding hydrogens is 256 g/mol. The van der Waals surface area contributed by atoms with E-state index in [-0.39, 0.29) is 6.61 Å². The Labute approximate surface area is 108 Å². The van der Waals surface area contributed by atoms with Gasteiger partial charge in [-0.05, 0) is 19.9 Å². The molecule has 0 rings (SSSR count). The zero-order valence-electron chi connectivity index (χ0n) is 10.8. The minimum Gasteiger partial charge on any atom is -0.468 e. The molecule has 0 aliphatic carbocycles. The van der Waals surface area contributed by atoms with Crippen LogP contribution in [0.1, 0.15) is 20.3 Å². The second-order valence-corrected chi connectivity index (χ2v) is 7.36. The van der Waals surface area contributed by atoms with Crippen molar-refractivity contribution in [1.82, 2.24) is 0 Å². The zero-order valence-corrected chi connectivity index (χ0v) is 14.2. The Morgan fingerprint density at radius 2 is 2.24 bits per heavy atom. The van der Waals surface area contributed by atoms with E-state index < -0.39 is 28.1 Å². The molecule has 0 aromatic carbocycles. The van der Waals surface area contributed by atoms with Crippen LogP contribution >= 0.6 is 0 Å². The third-order valence-corrected chi connectivity index (χ3v) is 4.23. The predicted molar refractivity (Wildman–Crippen MR) is 71.3 cm³/mol. The van der Waals surface area contributed by atoms with E-state index >= 15 is 0 Å². The molecule has 1 N–H and O–H groups in total. The molecule has 0 bridgehead atoms. The molecule has 0 heterocycles. The van der Waals surface area contributed by atoms with Crippen molar-refractivity contribution in [2.75, 3.05) is 6.61 Å². The van der Waals surface area contributed by atoms with E-state index in [1.807, 2.05) is 0 Å². The van der Waals surface area contributed by atoms with Crippen LogP contribution in [-0.2, 0) is 18.4 Å². The number of esters is 1. The summed E-state index contributed by atoms with van der Waals surface area (Å²) in [4.78, 5) is 11.4. The number of rotatable bonds is 9. The van der Waals surface area contributed by atoms with E-state index in [1.165, 1.54) is 0 Å². The Hall–Kier alpha value is -0.476. The molecule has 0 saturated carbocycles. The summed E-state index contributed by atoms with van der Waals surface area (Å²) >= 11 is 0. The molecule has 0 amide bonds. The number of hydrogen-bond donors (Lipinski definition) is 1. The molecule has 5 nitrogen and oxygen atoms in total. The maximum Gasteiger partial charge on any atom is 0.335 e. The smallest absolute Gasteiger partial charge is 0.335 e. The van der Waals surface area contributed by atoms with Gasteiger partial charge in [-0.25, -0.2) is 4.79 Å². The van der Waals surface area contributed by atoms with Gasteiger partial charge in [0.2, 0.25) is 6.29 Å². The minimum atomic E-state index is -0.613. The fourth-order valence-electron chi connectivity index (χ4n) is 1.04. The van der Waals surface area contributed by atoms with E-state index in [0.29, 0.717) is 12.0 Å². The van der Waals surface area contributed by atoms with Gasteiger partial charge in [-0.15, -0.1) is 0 Å². The van der Waals surface area contributed by atoms with Gasteiger partial charge < -0.3 is 18.7 Å². The van der Waals surface area contributed by atoms with Crippen LogP contribution in [0.3, 0.4) is 0 Å². The lowest BCUT2D eigenvalue weighted by Crippen LogP contribution is -2.26. The second-order valence-electron chi connectivity index (χ2n) is 3.93. The highest BCUT2D eigenvalue weighted by atomic mass is 28.3. The average molecular weight is 278 g/mol. The lowest BCUT2D eigenvalue weighted by molar-refractivity contribution is -0.179. The first-order valence-corrected chi connectivity index (χ1v) is 8.01. The van der Waals surface area contributed by atoms with E-state index in [0.717, 1.165) is 16.5 Å². The summed E-state index contributed by atoms with van der Waals surface area (Å²) < 4.78 is 15.6. The molecule has 0 aromatic rings. The number of carbonyl (C=O) groups excluding carboxylic acids is 1. The van der Waals surface area contributed by atoms with Gasteiger partial charge >= 0.3 is 5.97 Å². The summed E-state index contributed by atoms with van der Waals surface area (Å²) in [5, 5.41) is 9.12. The maximum absolute atomic E-state index is 11.4. The van der Waals surface area contributed by atoms with Gasteiger partial charge in [0.25, 0.3) is 0 Å². The summed E-state index contributed by atoms with van der Waals surface area (Å²) in [6.07, 6.45) is -0.577.